The molecule has 2 N–H and O–H groups in total. The van der Waals surface area contributed by atoms with E-state index in [1.165, 1.54) is 11.3 Å². The normalized spacial score (nSPS) is 11.7. The van der Waals surface area contributed by atoms with Gasteiger partial charge < -0.3 is 14.9 Å². The van der Waals surface area contributed by atoms with Crippen molar-refractivity contribution >= 4 is 23.0 Å². The van der Waals surface area contributed by atoms with Gasteiger partial charge in [0.15, 0.2) is 0 Å². The maximum atomic E-state index is 12.3. The van der Waals surface area contributed by atoms with Crippen molar-refractivity contribution in [1.29, 1.82) is 0 Å². The molecule has 2 aromatic rings. The van der Waals surface area contributed by atoms with Crippen LogP contribution in [0.4, 0.5) is 5.69 Å². The zero-order valence-corrected chi connectivity index (χ0v) is 13.9. The summed E-state index contributed by atoms with van der Waals surface area (Å²) < 4.78 is 11.1. The molecule has 0 aliphatic heterocycles. The van der Waals surface area contributed by atoms with E-state index in [2.05, 4.69) is 0 Å². The lowest BCUT2D eigenvalue weighted by molar-refractivity contribution is 0.00763. The fourth-order valence-electron chi connectivity index (χ4n) is 2.06. The Labute approximate surface area is 128 Å². The molecule has 114 valence electrons. The number of aryl methyl sites for hydroxylation is 1. The minimum Gasteiger partial charge on any atom is -0.461 e. The largest absolute Gasteiger partial charge is 0.461 e. The first kappa shape index (κ1) is 15.6. The van der Waals surface area contributed by atoms with Gasteiger partial charge in [-0.1, -0.05) is 6.92 Å². The number of rotatable bonds is 3. The molecule has 0 spiro atoms. The minimum atomic E-state index is -0.540. The van der Waals surface area contributed by atoms with E-state index in [1.54, 1.807) is 0 Å². The molecule has 4 nitrogen and oxygen atoms in total. The zero-order chi connectivity index (χ0) is 15.8. The van der Waals surface area contributed by atoms with E-state index >= 15 is 0 Å². The third kappa shape index (κ3) is 3.29. The summed E-state index contributed by atoms with van der Waals surface area (Å²) in [4.78, 5) is 13.6. The highest BCUT2D eigenvalue weighted by molar-refractivity contribution is 7.18. The highest BCUT2D eigenvalue weighted by atomic mass is 32.1. The van der Waals surface area contributed by atoms with E-state index in [9.17, 15) is 4.79 Å². The lowest BCUT2D eigenvalue weighted by Gasteiger charge is -2.19. The minimum absolute atomic E-state index is 0.380. The van der Waals surface area contributed by atoms with E-state index in [4.69, 9.17) is 14.9 Å². The first-order valence-corrected chi connectivity index (χ1v) is 7.76. The summed E-state index contributed by atoms with van der Waals surface area (Å²) in [5.74, 6) is 1.20. The lowest BCUT2D eigenvalue weighted by atomic mass is 10.1. The van der Waals surface area contributed by atoms with Gasteiger partial charge in [-0.2, -0.15) is 0 Å². The molecule has 21 heavy (non-hydrogen) atoms. The Balaban J connectivity index is 2.45. The second kappa shape index (κ2) is 5.56. The van der Waals surface area contributed by atoms with Crippen molar-refractivity contribution in [2.75, 3.05) is 5.73 Å². The molecule has 5 heteroatoms. The molecule has 0 aliphatic rings. The van der Waals surface area contributed by atoms with Gasteiger partial charge in [-0.15, -0.1) is 11.3 Å². The molecule has 0 radical (unpaired) electrons. The van der Waals surface area contributed by atoms with Crippen LogP contribution < -0.4 is 5.73 Å². The third-order valence-corrected chi connectivity index (χ3v) is 4.19. The summed E-state index contributed by atoms with van der Waals surface area (Å²) in [6.45, 7) is 9.42. The summed E-state index contributed by atoms with van der Waals surface area (Å²) in [6.07, 6.45) is 0.736. The Morgan fingerprint density at radius 2 is 2.05 bits per heavy atom. The molecular formula is C16H21NO3S. The van der Waals surface area contributed by atoms with E-state index in [0.29, 0.717) is 10.6 Å². The van der Waals surface area contributed by atoms with Crippen LogP contribution in [0.5, 0.6) is 0 Å². The van der Waals surface area contributed by atoms with Gasteiger partial charge in [0, 0.05) is 0 Å². The fraction of sp³-hybridized carbons (Fsp3) is 0.438. The summed E-state index contributed by atoms with van der Waals surface area (Å²) in [5, 5.41) is 0. The van der Waals surface area contributed by atoms with Crippen LogP contribution in [-0.4, -0.2) is 11.6 Å². The molecule has 2 aromatic heterocycles. The predicted octanol–water partition coefficient (Wildman–Crippen LogP) is 4.42. The van der Waals surface area contributed by atoms with Crippen molar-refractivity contribution in [3.63, 3.8) is 0 Å². The van der Waals surface area contributed by atoms with Crippen LogP contribution in [-0.2, 0) is 11.2 Å². The number of anilines is 1. The summed E-state index contributed by atoms with van der Waals surface area (Å²) in [6, 6.07) is 3.80. The number of hydrogen-bond acceptors (Lipinski definition) is 5. The molecule has 0 unspecified atom stereocenters. The molecule has 2 rings (SSSR count). The second-order valence-electron chi connectivity index (χ2n) is 5.92. The fourth-order valence-corrected chi connectivity index (χ4v) is 3.21. The maximum absolute atomic E-state index is 12.3. The van der Waals surface area contributed by atoms with Gasteiger partial charge in [0.05, 0.1) is 10.6 Å². The number of thiophene rings is 1. The van der Waals surface area contributed by atoms with Crippen molar-refractivity contribution in [2.24, 2.45) is 0 Å². The molecule has 0 fully saturated rings. The Hall–Kier alpha value is -1.75. The van der Waals surface area contributed by atoms with Crippen molar-refractivity contribution in [1.82, 2.24) is 0 Å². The summed E-state index contributed by atoms with van der Waals surface area (Å²) in [7, 11) is 0. The van der Waals surface area contributed by atoms with Crippen LogP contribution in [0.3, 0.4) is 0 Å². The number of ether oxygens (including phenoxy) is 1. The Morgan fingerprint density at radius 3 is 2.52 bits per heavy atom. The summed E-state index contributed by atoms with van der Waals surface area (Å²) in [5.41, 5.74) is 7.05. The number of esters is 1. The van der Waals surface area contributed by atoms with Gasteiger partial charge in [0.1, 0.15) is 22.0 Å². The first-order valence-electron chi connectivity index (χ1n) is 6.94. The van der Waals surface area contributed by atoms with E-state index in [-0.39, 0.29) is 5.97 Å². The van der Waals surface area contributed by atoms with E-state index < -0.39 is 5.60 Å². The molecule has 0 aromatic carbocycles. The number of carbonyl (C=O) groups is 1. The maximum Gasteiger partial charge on any atom is 0.351 e. The van der Waals surface area contributed by atoms with Crippen LogP contribution in [0.2, 0.25) is 0 Å². The van der Waals surface area contributed by atoms with Crippen LogP contribution >= 0.6 is 11.3 Å². The van der Waals surface area contributed by atoms with Crippen LogP contribution in [0.1, 0.15) is 48.7 Å². The molecular weight excluding hydrogens is 286 g/mol. The zero-order valence-electron chi connectivity index (χ0n) is 13.1. The standard InChI is InChI=1S/C16H21NO3S/c1-6-10-12(17)14(15(18)20-16(3,4)5)21-13(10)11-8-7-9(2)19-11/h7-8H,6,17H2,1-5H3. The van der Waals surface area contributed by atoms with Gasteiger partial charge in [-0.3, -0.25) is 0 Å². The van der Waals surface area contributed by atoms with Gasteiger partial charge in [0.2, 0.25) is 0 Å². The van der Waals surface area contributed by atoms with Crippen molar-refractivity contribution in [3.8, 4) is 10.6 Å². The van der Waals surface area contributed by atoms with Gasteiger partial charge in [0.25, 0.3) is 0 Å². The quantitative estimate of drug-likeness (QED) is 0.853. The Kier molecular flexibility index (Phi) is 4.14. The molecule has 0 aliphatic carbocycles. The number of nitrogens with two attached hydrogens (primary N) is 1. The monoisotopic (exact) mass is 307 g/mol. The van der Waals surface area contributed by atoms with Gasteiger partial charge in [-0.25, -0.2) is 4.79 Å². The van der Waals surface area contributed by atoms with Gasteiger partial charge in [-0.05, 0) is 51.8 Å². The predicted molar refractivity (Wildman–Crippen MR) is 85.7 cm³/mol. The average Bonchev–Trinajstić information content (AvgIpc) is 2.90. The SMILES string of the molecule is CCc1c(-c2ccc(C)o2)sc(C(=O)OC(C)(C)C)c1N. The Morgan fingerprint density at radius 1 is 1.38 bits per heavy atom. The summed E-state index contributed by atoms with van der Waals surface area (Å²) >= 11 is 1.33. The lowest BCUT2D eigenvalue weighted by Crippen LogP contribution is -2.23. The molecule has 2 heterocycles. The van der Waals surface area contributed by atoms with Crippen molar-refractivity contribution < 1.29 is 13.9 Å². The Bertz CT molecular complexity index is 662. The number of hydrogen-bond donors (Lipinski definition) is 1. The van der Waals surface area contributed by atoms with Crippen molar-refractivity contribution in [3.05, 3.63) is 28.3 Å². The third-order valence-electron chi connectivity index (χ3n) is 2.95. The molecule has 0 saturated carbocycles. The molecule has 0 bridgehead atoms. The first-order chi connectivity index (χ1) is 9.73. The van der Waals surface area contributed by atoms with E-state index in [0.717, 1.165) is 28.4 Å². The number of furan rings is 1. The molecule has 0 amide bonds. The van der Waals surface area contributed by atoms with Crippen LogP contribution in [0, 0.1) is 6.92 Å². The topological polar surface area (TPSA) is 65.5 Å². The highest BCUT2D eigenvalue weighted by Gasteiger charge is 2.26. The van der Waals surface area contributed by atoms with E-state index in [1.807, 2.05) is 46.8 Å². The van der Waals surface area contributed by atoms with Gasteiger partial charge >= 0.3 is 5.97 Å². The number of carbonyl (C=O) groups excluding carboxylic acids is 1. The average molecular weight is 307 g/mol. The second-order valence-corrected chi connectivity index (χ2v) is 6.94. The number of nitrogen functional groups attached to an aromatic ring is 1. The van der Waals surface area contributed by atoms with Crippen molar-refractivity contribution in [2.45, 2.75) is 46.6 Å². The smallest absolute Gasteiger partial charge is 0.351 e. The van der Waals surface area contributed by atoms with Crippen LogP contribution in [0.25, 0.3) is 10.6 Å². The molecule has 0 saturated heterocycles. The molecule has 0 atom stereocenters. The van der Waals surface area contributed by atoms with Crippen LogP contribution in [0.15, 0.2) is 16.5 Å². The highest BCUT2D eigenvalue weighted by Crippen LogP contribution is 2.40.